The second kappa shape index (κ2) is 8.49. The Balaban J connectivity index is 0.00000208. The Hall–Kier alpha value is -1.59. The molecule has 0 unspecified atom stereocenters. The Morgan fingerprint density at radius 2 is 2.04 bits per heavy atom. The molecule has 1 aromatic carbocycles. The zero-order valence-electron chi connectivity index (χ0n) is 12.7. The van der Waals surface area contributed by atoms with E-state index in [1.54, 1.807) is 12.1 Å². The van der Waals surface area contributed by atoms with Gasteiger partial charge in [0.1, 0.15) is 5.15 Å². The first-order valence-electron chi connectivity index (χ1n) is 7.26. The summed E-state index contributed by atoms with van der Waals surface area (Å²) in [5.41, 5.74) is 3.33. The molecule has 2 aromatic rings. The summed E-state index contributed by atoms with van der Waals surface area (Å²) in [4.78, 5) is 16.3. The van der Waals surface area contributed by atoms with E-state index in [1.165, 1.54) is 17.8 Å². The van der Waals surface area contributed by atoms with Gasteiger partial charge in [0.05, 0.1) is 0 Å². The van der Waals surface area contributed by atoms with Crippen molar-refractivity contribution >= 4 is 52.8 Å². The maximum Gasteiger partial charge on any atom is 0.255 e. The Morgan fingerprint density at radius 1 is 1.21 bits per heavy atom. The molecular formula is C17H16Cl3N3O. The number of nitrogens with zero attached hydrogens (tertiary/aromatic N) is 1. The molecule has 0 saturated heterocycles. The van der Waals surface area contributed by atoms with Crippen molar-refractivity contribution in [1.29, 1.82) is 0 Å². The van der Waals surface area contributed by atoms with E-state index >= 15 is 0 Å². The fraction of sp³-hybridized carbons (Fsp3) is 0.176. The first-order chi connectivity index (χ1) is 11.1. The van der Waals surface area contributed by atoms with Gasteiger partial charge in [-0.05, 0) is 48.9 Å². The molecule has 0 fully saturated rings. The van der Waals surface area contributed by atoms with Crippen molar-refractivity contribution in [1.82, 2.24) is 10.3 Å². The van der Waals surface area contributed by atoms with Gasteiger partial charge in [-0.1, -0.05) is 29.3 Å². The molecule has 2 heterocycles. The first kappa shape index (κ1) is 18.7. The molecule has 24 heavy (non-hydrogen) atoms. The van der Waals surface area contributed by atoms with Gasteiger partial charge in [-0.2, -0.15) is 0 Å². The van der Waals surface area contributed by atoms with Gasteiger partial charge < -0.3 is 10.6 Å². The summed E-state index contributed by atoms with van der Waals surface area (Å²) in [6, 6.07) is 8.63. The lowest BCUT2D eigenvalue weighted by atomic mass is 9.98. The second-order valence-electron chi connectivity index (χ2n) is 5.19. The van der Waals surface area contributed by atoms with Crippen LogP contribution in [0.3, 0.4) is 0 Å². The molecule has 1 amide bonds. The lowest BCUT2D eigenvalue weighted by Gasteiger charge is -2.18. The molecule has 0 spiro atoms. The average Bonchev–Trinajstić information content (AvgIpc) is 2.57. The van der Waals surface area contributed by atoms with E-state index in [2.05, 4.69) is 21.7 Å². The van der Waals surface area contributed by atoms with Gasteiger partial charge in [0.25, 0.3) is 5.91 Å². The third-order valence-corrected chi connectivity index (χ3v) is 4.07. The van der Waals surface area contributed by atoms with E-state index in [9.17, 15) is 4.79 Å². The van der Waals surface area contributed by atoms with Crippen molar-refractivity contribution in [3.8, 4) is 0 Å². The molecule has 0 saturated carbocycles. The zero-order valence-corrected chi connectivity index (χ0v) is 15.0. The van der Waals surface area contributed by atoms with Crippen molar-refractivity contribution in [3.05, 3.63) is 63.9 Å². The van der Waals surface area contributed by atoms with Gasteiger partial charge in [-0.25, -0.2) is 4.98 Å². The highest BCUT2D eigenvalue weighted by molar-refractivity contribution is 6.31. The SMILES string of the molecule is Cl.O=C(Nc1ccc(Cl)cc1C1=CCNCC1)c1ccnc(Cl)c1. The minimum atomic E-state index is -0.229. The molecule has 0 atom stereocenters. The number of hydrogen-bond acceptors (Lipinski definition) is 3. The summed E-state index contributed by atoms with van der Waals surface area (Å²) in [5, 5.41) is 7.14. The number of rotatable bonds is 3. The minimum Gasteiger partial charge on any atom is -0.321 e. The molecular weight excluding hydrogens is 369 g/mol. The van der Waals surface area contributed by atoms with Crippen LogP contribution in [0.2, 0.25) is 10.2 Å². The maximum absolute atomic E-state index is 12.4. The summed E-state index contributed by atoms with van der Waals surface area (Å²) in [6.45, 7) is 1.72. The Kier molecular flexibility index (Phi) is 6.63. The standard InChI is InChI=1S/C17H15Cl2N3O.ClH/c18-13-1-2-15(14(10-13)11-3-6-20-7-4-11)22-17(23)12-5-8-21-16(19)9-12;/h1-3,5,8-10,20H,4,6-7H2,(H,22,23);1H. The van der Waals surface area contributed by atoms with Crippen LogP contribution >= 0.6 is 35.6 Å². The molecule has 0 radical (unpaired) electrons. The molecule has 1 aliphatic rings. The van der Waals surface area contributed by atoms with E-state index < -0.39 is 0 Å². The quantitative estimate of drug-likeness (QED) is 0.769. The summed E-state index contributed by atoms with van der Waals surface area (Å²) in [7, 11) is 0. The van der Waals surface area contributed by atoms with Gasteiger partial charge in [0.15, 0.2) is 0 Å². The predicted molar refractivity (Wildman–Crippen MR) is 101 cm³/mol. The van der Waals surface area contributed by atoms with Gasteiger partial charge in [0, 0.05) is 34.6 Å². The minimum absolute atomic E-state index is 0. The molecule has 2 N–H and O–H groups in total. The topological polar surface area (TPSA) is 54.0 Å². The van der Waals surface area contributed by atoms with Crippen LogP contribution in [-0.2, 0) is 0 Å². The number of anilines is 1. The highest BCUT2D eigenvalue weighted by Gasteiger charge is 2.14. The van der Waals surface area contributed by atoms with Crippen LogP contribution in [0, 0.1) is 0 Å². The second-order valence-corrected chi connectivity index (χ2v) is 6.02. The molecule has 1 aliphatic heterocycles. The zero-order chi connectivity index (χ0) is 16.2. The molecule has 0 aliphatic carbocycles. The van der Waals surface area contributed by atoms with Crippen molar-refractivity contribution in [2.75, 3.05) is 18.4 Å². The fourth-order valence-electron chi connectivity index (χ4n) is 2.50. The molecule has 4 nitrogen and oxygen atoms in total. The third-order valence-electron chi connectivity index (χ3n) is 3.63. The van der Waals surface area contributed by atoms with Gasteiger partial charge in [0.2, 0.25) is 0 Å². The normalized spacial score (nSPS) is 13.7. The van der Waals surface area contributed by atoms with E-state index in [1.807, 2.05) is 12.1 Å². The molecule has 126 valence electrons. The smallest absolute Gasteiger partial charge is 0.255 e. The first-order valence-corrected chi connectivity index (χ1v) is 8.01. The van der Waals surface area contributed by atoms with E-state index in [-0.39, 0.29) is 23.5 Å². The predicted octanol–water partition coefficient (Wildman–Crippen LogP) is 4.44. The van der Waals surface area contributed by atoms with Crippen LogP contribution in [0.25, 0.3) is 5.57 Å². The average molecular weight is 385 g/mol. The van der Waals surface area contributed by atoms with Gasteiger partial charge in [-0.3, -0.25) is 4.79 Å². The number of nitrogens with one attached hydrogen (secondary N) is 2. The van der Waals surface area contributed by atoms with Crippen LogP contribution in [0.1, 0.15) is 22.3 Å². The van der Waals surface area contributed by atoms with Crippen LogP contribution in [0.15, 0.2) is 42.6 Å². The summed E-state index contributed by atoms with van der Waals surface area (Å²) in [6.07, 6.45) is 4.52. The Labute approximate surface area is 156 Å². The summed E-state index contributed by atoms with van der Waals surface area (Å²) < 4.78 is 0. The summed E-state index contributed by atoms with van der Waals surface area (Å²) >= 11 is 12.0. The Bertz CT molecular complexity index is 777. The number of halogens is 3. The number of pyridine rings is 1. The number of carbonyl (C=O) groups excluding carboxylic acids is 1. The van der Waals surface area contributed by atoms with Crippen molar-refractivity contribution < 1.29 is 4.79 Å². The van der Waals surface area contributed by atoms with E-state index in [0.717, 1.165) is 30.8 Å². The number of carbonyl (C=O) groups is 1. The maximum atomic E-state index is 12.4. The monoisotopic (exact) mass is 383 g/mol. The largest absolute Gasteiger partial charge is 0.321 e. The lowest BCUT2D eigenvalue weighted by molar-refractivity contribution is 0.102. The molecule has 7 heteroatoms. The van der Waals surface area contributed by atoms with Crippen molar-refractivity contribution in [3.63, 3.8) is 0 Å². The number of aromatic nitrogens is 1. The molecule has 3 rings (SSSR count). The number of hydrogen-bond donors (Lipinski definition) is 2. The van der Waals surface area contributed by atoms with Crippen LogP contribution in [0.4, 0.5) is 5.69 Å². The Morgan fingerprint density at radius 3 is 2.75 bits per heavy atom. The van der Waals surface area contributed by atoms with Crippen LogP contribution in [-0.4, -0.2) is 24.0 Å². The highest BCUT2D eigenvalue weighted by Crippen LogP contribution is 2.30. The van der Waals surface area contributed by atoms with Crippen molar-refractivity contribution in [2.24, 2.45) is 0 Å². The van der Waals surface area contributed by atoms with E-state index in [4.69, 9.17) is 23.2 Å². The van der Waals surface area contributed by atoms with Gasteiger partial charge >= 0.3 is 0 Å². The van der Waals surface area contributed by atoms with Crippen LogP contribution in [0.5, 0.6) is 0 Å². The number of benzene rings is 1. The van der Waals surface area contributed by atoms with Gasteiger partial charge in [-0.15, -0.1) is 12.4 Å². The third kappa shape index (κ3) is 4.48. The molecule has 1 aromatic heterocycles. The van der Waals surface area contributed by atoms with E-state index in [0.29, 0.717) is 10.6 Å². The molecule has 0 bridgehead atoms. The number of amides is 1. The van der Waals surface area contributed by atoms with Crippen molar-refractivity contribution in [2.45, 2.75) is 6.42 Å². The van der Waals surface area contributed by atoms with Crippen LogP contribution < -0.4 is 10.6 Å². The lowest BCUT2D eigenvalue weighted by Crippen LogP contribution is -2.21. The summed E-state index contributed by atoms with van der Waals surface area (Å²) in [5.74, 6) is -0.229. The fourth-order valence-corrected chi connectivity index (χ4v) is 2.84. The highest BCUT2D eigenvalue weighted by atomic mass is 35.5.